The quantitative estimate of drug-likeness (QED) is 0.409. The number of carbonyl (C=O) groups excluding carboxylic acids is 2. The number of rotatable bonds is 11. The van der Waals surface area contributed by atoms with Gasteiger partial charge in [0, 0.05) is 32.0 Å². The van der Waals surface area contributed by atoms with Gasteiger partial charge >= 0.3 is 0 Å². The van der Waals surface area contributed by atoms with Crippen LogP contribution in [-0.4, -0.2) is 59.0 Å². The van der Waals surface area contributed by atoms with Crippen molar-refractivity contribution in [3.8, 4) is 0 Å². The molecule has 2 N–H and O–H groups in total. The molecule has 2 saturated carbocycles. The molecule has 2 amide bonds. The molecule has 1 aromatic heterocycles. The van der Waals surface area contributed by atoms with Crippen LogP contribution in [0, 0.1) is 29.1 Å². The molecular formula is C25H37N5O2. The predicted octanol–water partition coefficient (Wildman–Crippen LogP) is 2.21. The van der Waals surface area contributed by atoms with Crippen molar-refractivity contribution in [3.63, 3.8) is 0 Å². The van der Waals surface area contributed by atoms with Gasteiger partial charge in [-0.2, -0.15) is 0 Å². The number of allylic oxidation sites excluding steroid dienone is 2. The maximum atomic E-state index is 13.2. The molecule has 4 aliphatic rings. The molecule has 0 radical (unpaired) electrons. The largest absolute Gasteiger partial charge is 0.356 e. The Bertz CT molecular complexity index is 825. The fourth-order valence-electron chi connectivity index (χ4n) is 6.52. The van der Waals surface area contributed by atoms with Gasteiger partial charge in [-0.05, 0) is 81.8 Å². The van der Waals surface area contributed by atoms with Crippen LogP contribution in [0.2, 0.25) is 0 Å². The number of likely N-dealkylation sites (tertiary alicyclic amines) is 1. The molecule has 3 fully saturated rings. The monoisotopic (exact) mass is 439 g/mol. The summed E-state index contributed by atoms with van der Waals surface area (Å²) in [4.78, 5) is 33.0. The molecule has 2 heterocycles. The fraction of sp³-hybridized carbons (Fsp3) is 0.720. The summed E-state index contributed by atoms with van der Waals surface area (Å²) in [5.74, 6) is 0.191. The first-order chi connectivity index (χ1) is 15.7. The Kier molecular flexibility index (Phi) is 6.35. The second-order valence-corrected chi connectivity index (χ2v) is 10.2. The maximum Gasteiger partial charge on any atom is 0.224 e. The highest BCUT2D eigenvalue weighted by Crippen LogP contribution is 2.72. The third-order valence-corrected chi connectivity index (χ3v) is 8.30. The van der Waals surface area contributed by atoms with E-state index >= 15 is 0 Å². The van der Waals surface area contributed by atoms with E-state index in [-0.39, 0.29) is 40.9 Å². The van der Waals surface area contributed by atoms with Gasteiger partial charge in [0.05, 0.1) is 18.2 Å². The van der Waals surface area contributed by atoms with Crippen LogP contribution in [0.1, 0.15) is 44.9 Å². The second-order valence-electron chi connectivity index (χ2n) is 10.2. The van der Waals surface area contributed by atoms with E-state index in [9.17, 15) is 9.59 Å². The number of imidazole rings is 1. The van der Waals surface area contributed by atoms with E-state index in [1.165, 1.54) is 25.9 Å². The zero-order valence-corrected chi connectivity index (χ0v) is 19.0. The van der Waals surface area contributed by atoms with Crippen molar-refractivity contribution >= 4 is 11.8 Å². The Morgan fingerprint density at radius 1 is 0.906 bits per heavy atom. The number of aromatic nitrogens is 2. The Morgan fingerprint density at radius 2 is 1.56 bits per heavy atom. The maximum absolute atomic E-state index is 13.2. The van der Waals surface area contributed by atoms with Gasteiger partial charge in [-0.3, -0.25) is 9.59 Å². The third kappa shape index (κ3) is 4.24. The Balaban J connectivity index is 1.12. The topological polar surface area (TPSA) is 79.3 Å². The molecule has 1 aromatic rings. The van der Waals surface area contributed by atoms with Gasteiger partial charge in [0.2, 0.25) is 11.8 Å². The van der Waals surface area contributed by atoms with Crippen LogP contribution in [-0.2, 0) is 16.1 Å². The van der Waals surface area contributed by atoms with E-state index in [1.807, 2.05) is 10.8 Å². The lowest BCUT2D eigenvalue weighted by Gasteiger charge is -2.26. The highest BCUT2D eigenvalue weighted by atomic mass is 16.2. The van der Waals surface area contributed by atoms with Gasteiger partial charge in [-0.1, -0.05) is 12.2 Å². The van der Waals surface area contributed by atoms with Crippen LogP contribution in [0.3, 0.4) is 0 Å². The number of hydrogen-bond donors (Lipinski definition) is 2. The molecule has 32 heavy (non-hydrogen) atoms. The van der Waals surface area contributed by atoms with Crippen LogP contribution in [0.25, 0.3) is 0 Å². The summed E-state index contributed by atoms with van der Waals surface area (Å²) >= 11 is 0. The van der Waals surface area contributed by atoms with Gasteiger partial charge in [-0.15, -0.1) is 0 Å². The number of hydrogen-bond acceptors (Lipinski definition) is 4. The summed E-state index contributed by atoms with van der Waals surface area (Å²) in [7, 11) is 0. The van der Waals surface area contributed by atoms with Crippen molar-refractivity contribution in [1.82, 2.24) is 25.1 Å². The van der Waals surface area contributed by atoms with Crippen LogP contribution in [0.4, 0.5) is 0 Å². The second kappa shape index (κ2) is 9.38. The zero-order valence-electron chi connectivity index (χ0n) is 19.0. The van der Waals surface area contributed by atoms with Crippen LogP contribution < -0.4 is 10.6 Å². The van der Waals surface area contributed by atoms with Gasteiger partial charge in [0.15, 0.2) is 0 Å². The van der Waals surface area contributed by atoms with Gasteiger partial charge < -0.3 is 20.1 Å². The number of aryl methyl sites for hydroxylation is 1. The van der Waals surface area contributed by atoms with Gasteiger partial charge in [0.25, 0.3) is 0 Å². The van der Waals surface area contributed by atoms with Gasteiger partial charge in [-0.25, -0.2) is 4.98 Å². The fourth-order valence-corrected chi connectivity index (χ4v) is 6.52. The normalized spacial score (nSPS) is 29.6. The van der Waals surface area contributed by atoms with E-state index in [0.717, 1.165) is 51.7 Å². The SMILES string of the molecule is O=C(NCCCCN1CCCC1)[C@H]1[C@H](C(=O)NCCCn2ccnc2)[C@@H]2C=C[C@H]1C21CC1. The zero-order chi connectivity index (χ0) is 22.0. The molecule has 4 atom stereocenters. The molecule has 1 aliphatic heterocycles. The smallest absolute Gasteiger partial charge is 0.224 e. The first-order valence-corrected chi connectivity index (χ1v) is 12.6. The summed E-state index contributed by atoms with van der Waals surface area (Å²) < 4.78 is 2.02. The van der Waals surface area contributed by atoms with E-state index in [1.54, 1.807) is 12.5 Å². The van der Waals surface area contributed by atoms with Crippen molar-refractivity contribution in [2.75, 3.05) is 32.7 Å². The molecule has 0 unspecified atom stereocenters. The summed E-state index contributed by atoms with van der Waals surface area (Å²) in [6, 6.07) is 0. The van der Waals surface area contributed by atoms with Crippen molar-refractivity contribution in [2.45, 2.75) is 51.5 Å². The van der Waals surface area contributed by atoms with E-state index in [2.05, 4.69) is 32.7 Å². The Morgan fingerprint density at radius 3 is 2.16 bits per heavy atom. The van der Waals surface area contributed by atoms with Crippen LogP contribution >= 0.6 is 0 Å². The Labute approximate surface area is 191 Å². The highest BCUT2D eigenvalue weighted by Gasteiger charge is 2.69. The summed E-state index contributed by atoms with van der Waals surface area (Å²) in [5, 5.41) is 6.33. The van der Waals surface area contributed by atoms with Crippen molar-refractivity contribution in [1.29, 1.82) is 0 Å². The average molecular weight is 440 g/mol. The minimum Gasteiger partial charge on any atom is -0.356 e. The molecule has 7 nitrogen and oxygen atoms in total. The number of unbranched alkanes of at least 4 members (excludes halogenated alkanes) is 1. The van der Waals surface area contributed by atoms with E-state index in [4.69, 9.17) is 0 Å². The summed E-state index contributed by atoms with van der Waals surface area (Å²) in [6.07, 6.45) is 17.9. The Hall–Kier alpha value is -2.15. The van der Waals surface area contributed by atoms with Crippen molar-refractivity contribution < 1.29 is 9.59 Å². The molecule has 1 saturated heterocycles. The van der Waals surface area contributed by atoms with Crippen molar-refractivity contribution in [3.05, 3.63) is 30.9 Å². The van der Waals surface area contributed by atoms with Crippen molar-refractivity contribution in [2.24, 2.45) is 29.1 Å². The molecule has 174 valence electrons. The third-order valence-electron chi connectivity index (χ3n) is 8.30. The molecular weight excluding hydrogens is 402 g/mol. The number of amides is 2. The van der Waals surface area contributed by atoms with Gasteiger partial charge in [0.1, 0.15) is 0 Å². The average Bonchev–Trinajstić information content (AvgIpc) is 3.18. The lowest BCUT2D eigenvalue weighted by molar-refractivity contribution is -0.135. The number of nitrogens with zero attached hydrogens (tertiary/aromatic N) is 3. The van der Waals surface area contributed by atoms with E-state index in [0.29, 0.717) is 6.54 Å². The summed E-state index contributed by atoms with van der Waals surface area (Å²) in [5.41, 5.74) is 0.191. The number of carbonyl (C=O) groups is 2. The lowest BCUT2D eigenvalue weighted by Crippen LogP contribution is -2.44. The first kappa shape index (κ1) is 21.7. The molecule has 3 aliphatic carbocycles. The van der Waals surface area contributed by atoms with Crippen LogP contribution in [0.15, 0.2) is 30.9 Å². The predicted molar refractivity (Wildman–Crippen MR) is 123 cm³/mol. The highest BCUT2D eigenvalue weighted by molar-refractivity contribution is 5.90. The molecule has 7 heteroatoms. The standard InChI is InChI=1S/C25H37N5O2/c31-23(27-10-1-2-13-29-14-3-4-15-29)21-19-6-7-20(25(19)8-9-25)22(21)24(32)28-11-5-16-30-17-12-26-18-30/h6-7,12,17-22H,1-5,8-11,13-16H2,(H,27,31)(H,28,32)/t19-,20+,21-,22-/m1/s1. The molecule has 2 bridgehead atoms. The molecule has 1 spiro atoms. The lowest BCUT2D eigenvalue weighted by atomic mass is 9.81. The van der Waals surface area contributed by atoms with Crippen LogP contribution in [0.5, 0.6) is 0 Å². The minimum absolute atomic E-state index is 0.0629. The summed E-state index contributed by atoms with van der Waals surface area (Å²) in [6.45, 7) is 5.78. The first-order valence-electron chi connectivity index (χ1n) is 12.6. The molecule has 0 aromatic carbocycles. The minimum atomic E-state index is -0.217. The number of nitrogens with one attached hydrogen (secondary N) is 2. The molecule has 5 rings (SSSR count). The van der Waals surface area contributed by atoms with E-state index < -0.39 is 0 Å².